The van der Waals surface area contributed by atoms with E-state index < -0.39 is 0 Å². The summed E-state index contributed by atoms with van der Waals surface area (Å²) in [6.07, 6.45) is 6.09. The lowest BCUT2D eigenvalue weighted by molar-refractivity contribution is 0.0951. The number of nitrogens with zero attached hydrogens (tertiary/aromatic N) is 1. The number of benzene rings is 2. The quantitative estimate of drug-likeness (QED) is 0.411. The maximum atomic E-state index is 13.2. The molecule has 6 heteroatoms. The van der Waals surface area contributed by atoms with Crippen LogP contribution in [0.25, 0.3) is 0 Å². The molecule has 0 saturated carbocycles. The fraction of sp³-hybridized carbons (Fsp3) is 0.333. The highest BCUT2D eigenvalue weighted by molar-refractivity contribution is 7.16. The summed E-state index contributed by atoms with van der Waals surface area (Å²) in [6.45, 7) is 4.47. The van der Waals surface area contributed by atoms with Crippen molar-refractivity contribution in [3.05, 3.63) is 75.7 Å². The molecule has 0 unspecified atom stereocenters. The topological polar surface area (TPSA) is 59.9 Å². The van der Waals surface area contributed by atoms with Gasteiger partial charge in [0.1, 0.15) is 5.00 Å². The summed E-state index contributed by atoms with van der Waals surface area (Å²) in [4.78, 5) is 19.3. The monoisotopic (exact) mass is 462 g/mol. The van der Waals surface area contributed by atoms with Crippen molar-refractivity contribution in [2.24, 2.45) is 4.99 Å². The molecule has 0 radical (unpaired) electrons. The minimum Gasteiger partial charge on any atom is -0.493 e. The van der Waals surface area contributed by atoms with Crippen molar-refractivity contribution < 1.29 is 14.3 Å². The molecular formula is C27H30N2O3S. The molecule has 0 bridgehead atoms. The molecule has 1 amide bonds. The first-order valence-corrected chi connectivity index (χ1v) is 12.2. The Kier molecular flexibility index (Phi) is 7.45. The van der Waals surface area contributed by atoms with Gasteiger partial charge in [0.15, 0.2) is 11.5 Å². The summed E-state index contributed by atoms with van der Waals surface area (Å²) in [5, 5.41) is 3.86. The molecular weight excluding hydrogens is 432 g/mol. The van der Waals surface area contributed by atoms with E-state index in [0.29, 0.717) is 18.0 Å². The number of thiophene rings is 1. The number of aliphatic imine (C=N–C) groups is 1. The average Bonchev–Trinajstić information content (AvgIpc) is 3.20. The largest absolute Gasteiger partial charge is 0.493 e. The second-order valence-electron chi connectivity index (χ2n) is 8.39. The predicted molar refractivity (Wildman–Crippen MR) is 135 cm³/mol. The van der Waals surface area contributed by atoms with Gasteiger partial charge in [0, 0.05) is 17.6 Å². The highest BCUT2D eigenvalue weighted by atomic mass is 32.1. The fourth-order valence-electron chi connectivity index (χ4n) is 3.99. The molecule has 0 atom stereocenters. The highest BCUT2D eigenvalue weighted by Gasteiger charge is 2.25. The van der Waals surface area contributed by atoms with Crippen LogP contribution in [-0.4, -0.2) is 25.3 Å². The zero-order valence-electron chi connectivity index (χ0n) is 19.4. The lowest BCUT2D eigenvalue weighted by atomic mass is 9.95. The van der Waals surface area contributed by atoms with Crippen molar-refractivity contribution in [3.63, 3.8) is 0 Å². The van der Waals surface area contributed by atoms with E-state index in [2.05, 4.69) is 5.32 Å². The average molecular weight is 463 g/mol. The van der Waals surface area contributed by atoms with Crippen LogP contribution in [-0.2, 0) is 19.4 Å². The Bertz CT molecular complexity index is 1140. The molecule has 1 N–H and O–H groups in total. The van der Waals surface area contributed by atoms with E-state index in [1.165, 1.54) is 10.4 Å². The second-order valence-corrected chi connectivity index (χ2v) is 9.48. The zero-order chi connectivity index (χ0) is 23.2. The Morgan fingerprint density at radius 1 is 1.12 bits per heavy atom. The molecule has 1 heterocycles. The van der Waals surface area contributed by atoms with Gasteiger partial charge in [-0.05, 0) is 74.4 Å². The number of fused-ring (bicyclic) bond motifs is 1. The van der Waals surface area contributed by atoms with Gasteiger partial charge >= 0.3 is 0 Å². The molecule has 172 valence electrons. The molecule has 1 aromatic heterocycles. The molecule has 2 aromatic carbocycles. The molecule has 3 aromatic rings. The maximum Gasteiger partial charge on any atom is 0.254 e. The Morgan fingerprint density at radius 3 is 2.67 bits per heavy atom. The third-order valence-electron chi connectivity index (χ3n) is 5.56. The van der Waals surface area contributed by atoms with E-state index in [4.69, 9.17) is 14.5 Å². The number of amides is 1. The first-order chi connectivity index (χ1) is 16.0. The minimum absolute atomic E-state index is 0.0522. The normalized spacial score (nSPS) is 13.2. The summed E-state index contributed by atoms with van der Waals surface area (Å²) in [7, 11) is 1.63. The number of aryl methyl sites for hydroxylation is 1. The van der Waals surface area contributed by atoms with Crippen molar-refractivity contribution in [2.75, 3.05) is 7.11 Å². The van der Waals surface area contributed by atoms with Crippen molar-refractivity contribution in [3.8, 4) is 11.5 Å². The third kappa shape index (κ3) is 5.63. The Morgan fingerprint density at radius 2 is 1.91 bits per heavy atom. The summed E-state index contributed by atoms with van der Waals surface area (Å²) in [5.41, 5.74) is 3.87. The molecule has 0 aliphatic heterocycles. The van der Waals surface area contributed by atoms with Gasteiger partial charge in [-0.25, -0.2) is 4.99 Å². The van der Waals surface area contributed by atoms with Crippen LogP contribution in [0.4, 0.5) is 5.00 Å². The maximum absolute atomic E-state index is 13.2. The lowest BCUT2D eigenvalue weighted by Gasteiger charge is -2.13. The molecule has 4 rings (SSSR count). The number of hydrogen-bond donors (Lipinski definition) is 1. The first kappa shape index (κ1) is 23.1. The van der Waals surface area contributed by atoms with Gasteiger partial charge in [0.2, 0.25) is 0 Å². The van der Waals surface area contributed by atoms with E-state index >= 15 is 0 Å². The molecule has 1 aliphatic rings. The number of nitrogens with one attached hydrogen (secondary N) is 1. The van der Waals surface area contributed by atoms with Crippen LogP contribution < -0.4 is 14.8 Å². The smallest absolute Gasteiger partial charge is 0.254 e. The molecule has 0 spiro atoms. The SMILES string of the molecule is COc1cc(C=Nc2sc3c(c2C(=O)NCc2ccccc2)CCCC3)ccc1OC(C)C. The first-order valence-electron chi connectivity index (χ1n) is 11.4. The van der Waals surface area contributed by atoms with Crippen molar-refractivity contribution in [2.45, 2.75) is 52.2 Å². The van der Waals surface area contributed by atoms with E-state index in [1.807, 2.05) is 62.4 Å². The van der Waals surface area contributed by atoms with Gasteiger partial charge in [-0.3, -0.25) is 4.79 Å². The molecule has 0 saturated heterocycles. The number of methoxy groups -OCH3 is 1. The van der Waals surface area contributed by atoms with Crippen LogP contribution in [0.2, 0.25) is 0 Å². The summed E-state index contributed by atoms with van der Waals surface area (Å²) in [6, 6.07) is 15.7. The van der Waals surface area contributed by atoms with Crippen molar-refractivity contribution in [1.29, 1.82) is 0 Å². The standard InChI is InChI=1S/C27H30N2O3S/c1-18(2)32-22-14-13-20(15-23(22)31-3)17-29-27-25(21-11-7-8-12-24(21)33-27)26(30)28-16-19-9-5-4-6-10-19/h4-6,9-10,13-15,17-18H,7-8,11-12,16H2,1-3H3,(H,28,30). The van der Waals surface area contributed by atoms with Gasteiger partial charge in [-0.1, -0.05) is 30.3 Å². The fourth-order valence-corrected chi connectivity index (χ4v) is 5.22. The summed E-state index contributed by atoms with van der Waals surface area (Å²) in [5.74, 6) is 1.32. The second kappa shape index (κ2) is 10.7. The molecule has 5 nitrogen and oxygen atoms in total. The van der Waals surface area contributed by atoms with Crippen LogP contribution in [0, 0.1) is 0 Å². The summed E-state index contributed by atoms with van der Waals surface area (Å²) < 4.78 is 11.3. The van der Waals surface area contributed by atoms with Gasteiger partial charge in [0.05, 0.1) is 18.8 Å². The zero-order valence-corrected chi connectivity index (χ0v) is 20.2. The van der Waals surface area contributed by atoms with Gasteiger partial charge < -0.3 is 14.8 Å². The lowest BCUT2D eigenvalue weighted by Crippen LogP contribution is -2.24. The van der Waals surface area contributed by atoms with Crippen LogP contribution in [0.5, 0.6) is 11.5 Å². The van der Waals surface area contributed by atoms with Gasteiger partial charge in [-0.15, -0.1) is 11.3 Å². The highest BCUT2D eigenvalue weighted by Crippen LogP contribution is 2.40. The van der Waals surface area contributed by atoms with E-state index in [9.17, 15) is 4.79 Å². The molecule has 0 fully saturated rings. The molecule has 1 aliphatic carbocycles. The van der Waals surface area contributed by atoms with Gasteiger partial charge in [-0.2, -0.15) is 0 Å². The number of carbonyl (C=O) groups excluding carboxylic acids is 1. The Labute approximate surface area is 199 Å². The number of rotatable bonds is 8. The Balaban J connectivity index is 1.59. The number of ether oxygens (including phenoxy) is 2. The number of carbonyl (C=O) groups is 1. The van der Waals surface area contributed by atoms with Crippen LogP contribution in [0.3, 0.4) is 0 Å². The third-order valence-corrected chi connectivity index (χ3v) is 6.76. The number of hydrogen-bond acceptors (Lipinski definition) is 5. The summed E-state index contributed by atoms with van der Waals surface area (Å²) >= 11 is 1.64. The van der Waals surface area contributed by atoms with E-state index in [1.54, 1.807) is 24.7 Å². The van der Waals surface area contributed by atoms with E-state index in [-0.39, 0.29) is 12.0 Å². The van der Waals surface area contributed by atoms with Crippen LogP contribution >= 0.6 is 11.3 Å². The van der Waals surface area contributed by atoms with Crippen molar-refractivity contribution >= 4 is 28.5 Å². The Hall–Kier alpha value is -3.12. The minimum atomic E-state index is -0.0522. The predicted octanol–water partition coefficient (Wildman–Crippen LogP) is 6.10. The van der Waals surface area contributed by atoms with Gasteiger partial charge in [0.25, 0.3) is 5.91 Å². The van der Waals surface area contributed by atoms with Crippen LogP contribution in [0.15, 0.2) is 53.5 Å². The van der Waals surface area contributed by atoms with E-state index in [0.717, 1.165) is 47.4 Å². The molecule has 33 heavy (non-hydrogen) atoms. The van der Waals surface area contributed by atoms with Crippen molar-refractivity contribution in [1.82, 2.24) is 5.32 Å². The van der Waals surface area contributed by atoms with Crippen LogP contribution in [0.1, 0.15) is 58.6 Å².